The van der Waals surface area contributed by atoms with Gasteiger partial charge in [0, 0.05) is 12.3 Å². The molecule has 0 aliphatic rings. The Morgan fingerprint density at radius 3 is 2.36 bits per heavy atom. The molecule has 0 saturated carbocycles. The summed E-state index contributed by atoms with van der Waals surface area (Å²) in [6, 6.07) is 3.93. The van der Waals surface area contributed by atoms with Crippen LogP contribution in [0.5, 0.6) is 0 Å². The van der Waals surface area contributed by atoms with Crippen LogP contribution >= 0.6 is 0 Å². The molecule has 1 rings (SSSR count). The quantitative estimate of drug-likeness (QED) is 0.720. The molecule has 1 aromatic rings. The van der Waals surface area contributed by atoms with Gasteiger partial charge < -0.3 is 10.8 Å². The number of anilines is 1. The van der Waals surface area contributed by atoms with E-state index in [0.717, 1.165) is 5.69 Å². The molecule has 3 N–H and O–H groups in total. The molecule has 0 bridgehead atoms. The molecule has 2 nitrogen and oxygen atoms in total. The van der Waals surface area contributed by atoms with Crippen molar-refractivity contribution in [2.75, 3.05) is 12.3 Å². The monoisotopic (exact) mass is 191 g/mol. The lowest BCUT2D eigenvalue weighted by Gasteiger charge is -2.06. The lowest BCUT2D eigenvalue weighted by molar-refractivity contribution is 0.303. The van der Waals surface area contributed by atoms with Gasteiger partial charge >= 0.3 is 0 Å². The van der Waals surface area contributed by atoms with Crippen LogP contribution in [0.15, 0.2) is 18.2 Å². The van der Waals surface area contributed by atoms with Crippen LogP contribution in [0.1, 0.15) is 23.1 Å². The van der Waals surface area contributed by atoms with Crippen molar-refractivity contribution in [2.24, 2.45) is 0 Å². The molecule has 0 amide bonds. The molecule has 0 aromatic heterocycles. The number of nitrogens with two attached hydrogens (primary N) is 1. The number of nitrogen functional groups attached to an aromatic ring is 1. The lowest BCUT2D eigenvalue weighted by atomic mass is 10.0. The van der Waals surface area contributed by atoms with Crippen molar-refractivity contribution in [3.8, 4) is 0 Å². The van der Waals surface area contributed by atoms with Crippen LogP contribution in [0.4, 0.5) is 5.69 Å². The zero-order chi connectivity index (χ0) is 10.6. The van der Waals surface area contributed by atoms with Crippen molar-refractivity contribution in [3.05, 3.63) is 34.9 Å². The number of aliphatic hydroxyl groups is 1. The van der Waals surface area contributed by atoms with Gasteiger partial charge in [0.05, 0.1) is 0 Å². The van der Waals surface area contributed by atoms with Gasteiger partial charge in [-0.15, -0.1) is 0 Å². The fourth-order valence-corrected chi connectivity index (χ4v) is 1.55. The molecule has 0 unspecified atom stereocenters. The first-order chi connectivity index (χ1) is 6.65. The van der Waals surface area contributed by atoms with E-state index < -0.39 is 0 Å². The molecule has 14 heavy (non-hydrogen) atoms. The molecular weight excluding hydrogens is 174 g/mol. The van der Waals surface area contributed by atoms with Crippen molar-refractivity contribution >= 4 is 11.8 Å². The van der Waals surface area contributed by atoms with E-state index >= 15 is 0 Å². The third-order valence-corrected chi connectivity index (χ3v) is 2.20. The van der Waals surface area contributed by atoms with E-state index in [0.29, 0.717) is 6.42 Å². The van der Waals surface area contributed by atoms with Crippen LogP contribution in [-0.2, 0) is 0 Å². The maximum absolute atomic E-state index is 8.66. The summed E-state index contributed by atoms with van der Waals surface area (Å²) in [6.07, 6.45) is 4.72. The summed E-state index contributed by atoms with van der Waals surface area (Å²) in [6.45, 7) is 4.29. The SMILES string of the molecule is Cc1cc(N)cc(C)c1C=CCCO. The van der Waals surface area contributed by atoms with Gasteiger partial charge in [-0.1, -0.05) is 12.2 Å². The highest BCUT2D eigenvalue weighted by Crippen LogP contribution is 2.19. The van der Waals surface area contributed by atoms with Gasteiger partial charge in [0.1, 0.15) is 0 Å². The van der Waals surface area contributed by atoms with Crippen LogP contribution in [0.25, 0.3) is 6.08 Å². The van der Waals surface area contributed by atoms with E-state index in [-0.39, 0.29) is 6.61 Å². The predicted octanol–water partition coefficient (Wildman–Crippen LogP) is 2.28. The normalized spacial score (nSPS) is 11.1. The standard InChI is InChI=1S/C12H17NO/c1-9-7-11(13)8-10(2)12(9)5-3-4-6-14/h3,5,7-8,14H,4,6,13H2,1-2H3. The highest BCUT2D eigenvalue weighted by Gasteiger charge is 1.99. The molecule has 0 aliphatic heterocycles. The number of aryl methyl sites for hydroxylation is 2. The molecule has 0 aliphatic carbocycles. The van der Waals surface area contributed by atoms with E-state index in [4.69, 9.17) is 10.8 Å². The minimum absolute atomic E-state index is 0.198. The summed E-state index contributed by atoms with van der Waals surface area (Å²) in [5.41, 5.74) is 10.1. The summed E-state index contributed by atoms with van der Waals surface area (Å²) in [5.74, 6) is 0. The first kappa shape index (κ1) is 10.8. The first-order valence-electron chi connectivity index (χ1n) is 4.79. The van der Waals surface area contributed by atoms with Crippen LogP contribution in [0.2, 0.25) is 0 Å². The van der Waals surface area contributed by atoms with E-state index in [2.05, 4.69) is 0 Å². The second-order valence-electron chi connectivity index (χ2n) is 3.48. The van der Waals surface area contributed by atoms with Gasteiger partial charge in [-0.3, -0.25) is 0 Å². The zero-order valence-corrected chi connectivity index (χ0v) is 8.75. The van der Waals surface area contributed by atoms with Crippen molar-refractivity contribution in [2.45, 2.75) is 20.3 Å². The van der Waals surface area contributed by atoms with E-state index in [1.807, 2.05) is 38.1 Å². The Labute approximate surface area is 85.1 Å². The number of benzene rings is 1. The van der Waals surface area contributed by atoms with E-state index in [1.54, 1.807) is 0 Å². The van der Waals surface area contributed by atoms with Crippen LogP contribution in [0.3, 0.4) is 0 Å². The van der Waals surface area contributed by atoms with Gasteiger partial charge in [-0.05, 0) is 49.1 Å². The third kappa shape index (κ3) is 2.60. The molecule has 0 fully saturated rings. The molecule has 0 heterocycles. The molecule has 1 aromatic carbocycles. The predicted molar refractivity (Wildman–Crippen MR) is 61.1 cm³/mol. The van der Waals surface area contributed by atoms with Gasteiger partial charge in [0.2, 0.25) is 0 Å². The summed E-state index contributed by atoms with van der Waals surface area (Å²) >= 11 is 0. The fraction of sp³-hybridized carbons (Fsp3) is 0.333. The highest BCUT2D eigenvalue weighted by atomic mass is 16.2. The zero-order valence-electron chi connectivity index (χ0n) is 8.75. The second-order valence-corrected chi connectivity index (χ2v) is 3.48. The Morgan fingerprint density at radius 1 is 1.29 bits per heavy atom. The Hall–Kier alpha value is -1.28. The average molecular weight is 191 g/mol. The van der Waals surface area contributed by atoms with Crippen molar-refractivity contribution < 1.29 is 5.11 Å². The maximum Gasteiger partial charge on any atom is 0.0465 e. The van der Waals surface area contributed by atoms with Gasteiger partial charge in [-0.25, -0.2) is 0 Å². The molecule has 0 atom stereocenters. The Bertz CT molecular complexity index is 319. The Morgan fingerprint density at radius 2 is 1.86 bits per heavy atom. The van der Waals surface area contributed by atoms with Crippen molar-refractivity contribution in [1.29, 1.82) is 0 Å². The highest BCUT2D eigenvalue weighted by molar-refractivity contribution is 5.62. The van der Waals surface area contributed by atoms with Crippen LogP contribution in [0, 0.1) is 13.8 Å². The van der Waals surface area contributed by atoms with Crippen LogP contribution in [-0.4, -0.2) is 11.7 Å². The topological polar surface area (TPSA) is 46.2 Å². The smallest absolute Gasteiger partial charge is 0.0465 e. The molecule has 2 heteroatoms. The molecule has 0 spiro atoms. The average Bonchev–Trinajstić information content (AvgIpc) is 2.09. The fourth-order valence-electron chi connectivity index (χ4n) is 1.55. The Balaban J connectivity index is 2.96. The van der Waals surface area contributed by atoms with Crippen LogP contribution < -0.4 is 5.73 Å². The third-order valence-electron chi connectivity index (χ3n) is 2.20. The molecule has 76 valence electrons. The minimum atomic E-state index is 0.198. The van der Waals surface area contributed by atoms with E-state index in [9.17, 15) is 0 Å². The van der Waals surface area contributed by atoms with Crippen molar-refractivity contribution in [1.82, 2.24) is 0 Å². The summed E-state index contributed by atoms with van der Waals surface area (Å²) in [7, 11) is 0. The number of hydrogen-bond acceptors (Lipinski definition) is 2. The number of aliphatic hydroxyl groups excluding tert-OH is 1. The first-order valence-corrected chi connectivity index (χ1v) is 4.79. The Kier molecular flexibility index (Phi) is 3.72. The molecular formula is C12H17NO. The van der Waals surface area contributed by atoms with Crippen molar-refractivity contribution in [3.63, 3.8) is 0 Å². The number of rotatable bonds is 3. The molecule has 0 saturated heterocycles. The second kappa shape index (κ2) is 4.82. The maximum atomic E-state index is 8.66. The van der Waals surface area contributed by atoms with Gasteiger partial charge in [0.25, 0.3) is 0 Å². The summed E-state index contributed by atoms with van der Waals surface area (Å²) in [5, 5.41) is 8.66. The molecule has 0 radical (unpaired) electrons. The van der Waals surface area contributed by atoms with E-state index in [1.165, 1.54) is 16.7 Å². The summed E-state index contributed by atoms with van der Waals surface area (Å²) < 4.78 is 0. The number of hydrogen-bond donors (Lipinski definition) is 2. The minimum Gasteiger partial charge on any atom is -0.399 e. The largest absolute Gasteiger partial charge is 0.399 e. The summed E-state index contributed by atoms with van der Waals surface area (Å²) in [4.78, 5) is 0. The van der Waals surface area contributed by atoms with Gasteiger partial charge in [0.15, 0.2) is 0 Å². The van der Waals surface area contributed by atoms with Gasteiger partial charge in [-0.2, -0.15) is 0 Å². The lowest BCUT2D eigenvalue weighted by Crippen LogP contribution is -1.92.